The van der Waals surface area contributed by atoms with Crippen LogP contribution in [0.4, 0.5) is 4.39 Å². The van der Waals surface area contributed by atoms with Gasteiger partial charge in [0.25, 0.3) is 0 Å². The molecule has 0 spiro atoms. The third kappa shape index (κ3) is 2.95. The standard InChI is InChI=1S/C17H17ClFNO/c18-17-13(6-3-7-14(17)19)15(20)10-16-12-5-2-1-4-11(12)8-9-21-16/h1-7,15-16H,8-10,20H2. The van der Waals surface area contributed by atoms with Crippen molar-refractivity contribution in [2.24, 2.45) is 5.73 Å². The van der Waals surface area contributed by atoms with E-state index in [0.717, 1.165) is 6.42 Å². The van der Waals surface area contributed by atoms with Crippen molar-refractivity contribution in [3.05, 3.63) is 70.0 Å². The van der Waals surface area contributed by atoms with Crippen LogP contribution in [-0.4, -0.2) is 6.61 Å². The molecular weight excluding hydrogens is 289 g/mol. The van der Waals surface area contributed by atoms with Gasteiger partial charge in [-0.2, -0.15) is 0 Å². The van der Waals surface area contributed by atoms with Gasteiger partial charge in [-0.3, -0.25) is 0 Å². The minimum Gasteiger partial charge on any atom is -0.373 e. The van der Waals surface area contributed by atoms with Gasteiger partial charge in [0.05, 0.1) is 17.7 Å². The Labute approximate surface area is 128 Å². The molecule has 0 aliphatic carbocycles. The highest BCUT2D eigenvalue weighted by molar-refractivity contribution is 6.31. The van der Waals surface area contributed by atoms with Crippen LogP contribution in [-0.2, 0) is 11.2 Å². The molecule has 2 N–H and O–H groups in total. The summed E-state index contributed by atoms with van der Waals surface area (Å²) in [5, 5.41) is 0.106. The molecule has 0 radical (unpaired) electrons. The van der Waals surface area contributed by atoms with Gasteiger partial charge in [0.2, 0.25) is 0 Å². The molecule has 0 bridgehead atoms. The Kier molecular flexibility index (Phi) is 4.24. The van der Waals surface area contributed by atoms with Crippen molar-refractivity contribution in [2.75, 3.05) is 6.61 Å². The quantitative estimate of drug-likeness (QED) is 0.923. The fourth-order valence-corrected chi connectivity index (χ4v) is 3.10. The predicted octanol–water partition coefficient (Wildman–Crippen LogP) is 4.18. The lowest BCUT2D eigenvalue weighted by molar-refractivity contribution is 0.0320. The van der Waals surface area contributed by atoms with Crippen molar-refractivity contribution in [2.45, 2.75) is 25.0 Å². The Morgan fingerprint density at radius 1 is 1.24 bits per heavy atom. The lowest BCUT2D eigenvalue weighted by atomic mass is 9.91. The van der Waals surface area contributed by atoms with Gasteiger partial charge in [0.1, 0.15) is 5.82 Å². The second-order valence-electron chi connectivity index (χ2n) is 5.29. The molecule has 2 nitrogen and oxygen atoms in total. The summed E-state index contributed by atoms with van der Waals surface area (Å²) in [6.45, 7) is 0.686. The first-order chi connectivity index (χ1) is 10.2. The molecule has 21 heavy (non-hydrogen) atoms. The molecule has 1 aliphatic rings. The molecule has 4 heteroatoms. The fourth-order valence-electron chi connectivity index (χ4n) is 2.84. The maximum Gasteiger partial charge on any atom is 0.142 e. The number of ether oxygens (including phenoxy) is 1. The highest BCUT2D eigenvalue weighted by Gasteiger charge is 2.24. The molecule has 2 unspecified atom stereocenters. The smallest absolute Gasteiger partial charge is 0.142 e. The van der Waals surface area contributed by atoms with E-state index in [4.69, 9.17) is 22.1 Å². The highest BCUT2D eigenvalue weighted by atomic mass is 35.5. The molecule has 0 saturated carbocycles. The van der Waals surface area contributed by atoms with E-state index in [1.807, 2.05) is 12.1 Å². The van der Waals surface area contributed by atoms with Gasteiger partial charge in [-0.1, -0.05) is 48.0 Å². The number of nitrogens with two attached hydrogens (primary N) is 1. The van der Waals surface area contributed by atoms with Crippen LogP contribution >= 0.6 is 11.6 Å². The third-order valence-corrected chi connectivity index (χ3v) is 4.34. The molecule has 2 aromatic carbocycles. The third-order valence-electron chi connectivity index (χ3n) is 3.94. The predicted molar refractivity (Wildman–Crippen MR) is 81.8 cm³/mol. The SMILES string of the molecule is NC(CC1OCCc2ccccc21)c1cccc(F)c1Cl. The molecule has 0 fully saturated rings. The largest absolute Gasteiger partial charge is 0.373 e. The minimum atomic E-state index is -0.436. The van der Waals surface area contributed by atoms with Crippen LogP contribution in [0.1, 0.15) is 35.3 Å². The molecule has 2 aromatic rings. The zero-order chi connectivity index (χ0) is 14.8. The Morgan fingerprint density at radius 2 is 2.05 bits per heavy atom. The average molecular weight is 306 g/mol. The van der Waals surface area contributed by atoms with E-state index in [-0.39, 0.29) is 17.2 Å². The number of hydrogen-bond acceptors (Lipinski definition) is 2. The summed E-state index contributed by atoms with van der Waals surface area (Å²) >= 11 is 6.01. The molecule has 0 aromatic heterocycles. The zero-order valence-electron chi connectivity index (χ0n) is 11.6. The topological polar surface area (TPSA) is 35.2 Å². The Bertz CT molecular complexity index is 646. The number of halogens is 2. The lowest BCUT2D eigenvalue weighted by Crippen LogP contribution is -2.22. The van der Waals surface area contributed by atoms with E-state index < -0.39 is 5.82 Å². The summed E-state index contributed by atoms with van der Waals surface area (Å²) in [5.74, 6) is -0.436. The molecule has 3 rings (SSSR count). The van der Waals surface area contributed by atoms with Crippen LogP contribution < -0.4 is 5.73 Å². The van der Waals surface area contributed by atoms with E-state index in [1.54, 1.807) is 12.1 Å². The summed E-state index contributed by atoms with van der Waals surface area (Å²) < 4.78 is 19.4. The Morgan fingerprint density at radius 3 is 2.90 bits per heavy atom. The van der Waals surface area contributed by atoms with Crippen LogP contribution in [0, 0.1) is 5.82 Å². The first-order valence-corrected chi connectivity index (χ1v) is 7.43. The van der Waals surface area contributed by atoms with Gasteiger partial charge in [0, 0.05) is 6.04 Å². The lowest BCUT2D eigenvalue weighted by Gasteiger charge is -2.28. The Hall–Kier alpha value is -1.42. The fraction of sp³-hybridized carbons (Fsp3) is 0.294. The van der Waals surface area contributed by atoms with Crippen molar-refractivity contribution < 1.29 is 9.13 Å². The maximum atomic E-state index is 13.5. The first kappa shape index (κ1) is 14.5. The molecule has 0 amide bonds. The first-order valence-electron chi connectivity index (χ1n) is 7.05. The monoisotopic (exact) mass is 305 g/mol. The van der Waals surface area contributed by atoms with Crippen LogP contribution in [0.25, 0.3) is 0 Å². The van der Waals surface area contributed by atoms with E-state index in [9.17, 15) is 4.39 Å². The second kappa shape index (κ2) is 6.14. The summed E-state index contributed by atoms with van der Waals surface area (Å²) in [6.07, 6.45) is 1.44. The summed E-state index contributed by atoms with van der Waals surface area (Å²) in [6, 6.07) is 12.6. The van der Waals surface area contributed by atoms with E-state index in [2.05, 4.69) is 12.1 Å². The van der Waals surface area contributed by atoms with Gasteiger partial charge >= 0.3 is 0 Å². The molecule has 1 aliphatic heterocycles. The molecule has 1 heterocycles. The van der Waals surface area contributed by atoms with Crippen LogP contribution in [0.5, 0.6) is 0 Å². The van der Waals surface area contributed by atoms with Crippen molar-refractivity contribution in [3.63, 3.8) is 0 Å². The van der Waals surface area contributed by atoms with Gasteiger partial charge in [0.15, 0.2) is 0 Å². The maximum absolute atomic E-state index is 13.5. The van der Waals surface area contributed by atoms with Crippen LogP contribution in [0.15, 0.2) is 42.5 Å². The number of hydrogen-bond donors (Lipinski definition) is 1. The van der Waals surface area contributed by atoms with Gasteiger partial charge in [-0.15, -0.1) is 0 Å². The number of rotatable bonds is 3. The van der Waals surface area contributed by atoms with Gasteiger partial charge in [-0.05, 0) is 35.6 Å². The molecular formula is C17H17ClFNO. The van der Waals surface area contributed by atoms with E-state index in [0.29, 0.717) is 18.6 Å². The van der Waals surface area contributed by atoms with Crippen LogP contribution in [0.3, 0.4) is 0 Å². The molecule has 110 valence electrons. The van der Waals surface area contributed by atoms with Crippen molar-refractivity contribution >= 4 is 11.6 Å². The molecule has 0 saturated heterocycles. The minimum absolute atomic E-state index is 0.0655. The summed E-state index contributed by atoms with van der Waals surface area (Å²) in [7, 11) is 0. The number of benzene rings is 2. The van der Waals surface area contributed by atoms with Crippen molar-refractivity contribution in [1.82, 2.24) is 0 Å². The zero-order valence-corrected chi connectivity index (χ0v) is 12.3. The van der Waals surface area contributed by atoms with Crippen molar-refractivity contribution in [1.29, 1.82) is 0 Å². The van der Waals surface area contributed by atoms with E-state index in [1.165, 1.54) is 17.2 Å². The van der Waals surface area contributed by atoms with Crippen molar-refractivity contribution in [3.8, 4) is 0 Å². The highest BCUT2D eigenvalue weighted by Crippen LogP contribution is 2.35. The number of fused-ring (bicyclic) bond motifs is 1. The Balaban J connectivity index is 1.83. The summed E-state index contributed by atoms with van der Waals surface area (Å²) in [4.78, 5) is 0. The summed E-state index contributed by atoms with van der Waals surface area (Å²) in [5.41, 5.74) is 9.32. The second-order valence-corrected chi connectivity index (χ2v) is 5.67. The van der Waals surface area contributed by atoms with Crippen LogP contribution in [0.2, 0.25) is 5.02 Å². The van der Waals surface area contributed by atoms with E-state index >= 15 is 0 Å². The van der Waals surface area contributed by atoms with Gasteiger partial charge in [-0.25, -0.2) is 4.39 Å². The average Bonchev–Trinajstić information content (AvgIpc) is 2.50. The normalized spacial score (nSPS) is 19.1. The molecule has 2 atom stereocenters. The van der Waals surface area contributed by atoms with Gasteiger partial charge < -0.3 is 10.5 Å².